The van der Waals surface area contributed by atoms with Gasteiger partial charge in [0.2, 0.25) is 0 Å². The highest BCUT2D eigenvalue weighted by molar-refractivity contribution is 7.88. The first-order valence-electron chi connectivity index (χ1n) is 6.72. The number of ether oxygens (including phenoxy) is 2. The van der Waals surface area contributed by atoms with Gasteiger partial charge in [-0.05, 0) is 39.0 Å². The van der Waals surface area contributed by atoms with Crippen LogP contribution in [-0.2, 0) is 20.3 Å². The number of hydrogen-bond donors (Lipinski definition) is 0. The van der Waals surface area contributed by atoms with Crippen LogP contribution in [0.2, 0.25) is 0 Å². The fourth-order valence-electron chi connectivity index (χ4n) is 1.51. The molecule has 3 nitrogen and oxygen atoms in total. The largest absolute Gasteiger partial charge is 0.349 e. The van der Waals surface area contributed by atoms with Gasteiger partial charge < -0.3 is 9.47 Å². The normalized spacial score (nSPS) is 13.6. The van der Waals surface area contributed by atoms with E-state index in [1.54, 1.807) is 23.6 Å². The SMILES string of the molecule is CCOC(/C=C/C=C\[S@@](=O)c1ccc(C)cc1)OCC. The van der Waals surface area contributed by atoms with Gasteiger partial charge in [-0.1, -0.05) is 29.8 Å². The predicted octanol–water partition coefficient (Wildman–Crippen LogP) is 3.57. The Balaban J connectivity index is 2.54. The van der Waals surface area contributed by atoms with Gasteiger partial charge in [0.15, 0.2) is 6.29 Å². The van der Waals surface area contributed by atoms with Gasteiger partial charge >= 0.3 is 0 Å². The molecule has 1 aromatic rings. The van der Waals surface area contributed by atoms with Crippen LogP contribution in [0, 0.1) is 6.92 Å². The minimum absolute atomic E-state index is 0.345. The maximum Gasteiger partial charge on any atom is 0.177 e. The average molecular weight is 294 g/mol. The first-order chi connectivity index (χ1) is 9.67. The molecular formula is C16H22O3S. The zero-order valence-corrected chi connectivity index (χ0v) is 13.1. The van der Waals surface area contributed by atoms with Crippen LogP contribution in [0.3, 0.4) is 0 Å². The fraction of sp³-hybridized carbons (Fsp3) is 0.375. The highest BCUT2D eigenvalue weighted by Crippen LogP contribution is 2.09. The number of rotatable bonds is 8. The van der Waals surface area contributed by atoms with Crippen LogP contribution in [-0.4, -0.2) is 23.7 Å². The summed E-state index contributed by atoms with van der Waals surface area (Å²) >= 11 is 0. The lowest BCUT2D eigenvalue weighted by atomic mass is 10.2. The van der Waals surface area contributed by atoms with Gasteiger partial charge in [0.1, 0.15) is 0 Å². The van der Waals surface area contributed by atoms with Crippen LogP contribution < -0.4 is 0 Å². The van der Waals surface area contributed by atoms with Crippen LogP contribution in [0.25, 0.3) is 0 Å². The molecule has 0 bridgehead atoms. The van der Waals surface area contributed by atoms with Gasteiger partial charge in [0.25, 0.3) is 0 Å². The van der Waals surface area contributed by atoms with E-state index in [1.807, 2.05) is 45.0 Å². The van der Waals surface area contributed by atoms with Crippen molar-refractivity contribution >= 4 is 10.8 Å². The van der Waals surface area contributed by atoms with Crippen LogP contribution in [0.5, 0.6) is 0 Å². The summed E-state index contributed by atoms with van der Waals surface area (Å²) in [6.45, 7) is 7.03. The second-order valence-electron chi connectivity index (χ2n) is 4.10. The molecule has 0 aliphatic heterocycles. The molecule has 0 spiro atoms. The van der Waals surface area contributed by atoms with E-state index in [-0.39, 0.29) is 6.29 Å². The molecule has 0 N–H and O–H groups in total. The van der Waals surface area contributed by atoms with Crippen LogP contribution in [0.4, 0.5) is 0 Å². The molecule has 0 aliphatic carbocycles. The van der Waals surface area contributed by atoms with E-state index in [1.165, 1.54) is 0 Å². The van der Waals surface area contributed by atoms with E-state index in [9.17, 15) is 4.21 Å². The molecule has 0 unspecified atom stereocenters. The Morgan fingerprint density at radius 1 is 1.10 bits per heavy atom. The van der Waals surface area contributed by atoms with E-state index >= 15 is 0 Å². The van der Waals surface area contributed by atoms with E-state index in [4.69, 9.17) is 9.47 Å². The molecule has 110 valence electrons. The molecule has 1 aromatic carbocycles. The molecule has 0 radical (unpaired) electrons. The van der Waals surface area contributed by atoms with E-state index in [2.05, 4.69) is 0 Å². The lowest BCUT2D eigenvalue weighted by Crippen LogP contribution is -2.13. The van der Waals surface area contributed by atoms with Gasteiger partial charge in [0.05, 0.1) is 10.8 Å². The molecule has 1 atom stereocenters. The monoisotopic (exact) mass is 294 g/mol. The van der Waals surface area contributed by atoms with Crippen molar-refractivity contribution < 1.29 is 13.7 Å². The molecule has 20 heavy (non-hydrogen) atoms. The highest BCUT2D eigenvalue weighted by Gasteiger charge is 2.01. The quantitative estimate of drug-likeness (QED) is 0.543. The third-order valence-corrected chi connectivity index (χ3v) is 3.64. The summed E-state index contributed by atoms with van der Waals surface area (Å²) in [5.74, 6) is 0. The molecule has 0 aliphatic rings. The zero-order valence-electron chi connectivity index (χ0n) is 12.2. The molecule has 0 saturated carbocycles. The molecule has 0 saturated heterocycles. The third kappa shape index (κ3) is 6.28. The van der Waals surface area contributed by atoms with Crippen molar-refractivity contribution in [3.05, 3.63) is 53.5 Å². The number of hydrogen-bond acceptors (Lipinski definition) is 3. The van der Waals surface area contributed by atoms with Gasteiger partial charge in [-0.25, -0.2) is 4.21 Å². The van der Waals surface area contributed by atoms with E-state index in [0.717, 1.165) is 10.5 Å². The minimum atomic E-state index is -1.13. The van der Waals surface area contributed by atoms with Crippen molar-refractivity contribution in [2.24, 2.45) is 0 Å². The number of benzene rings is 1. The zero-order chi connectivity index (χ0) is 14.8. The van der Waals surface area contributed by atoms with E-state index < -0.39 is 10.8 Å². The van der Waals surface area contributed by atoms with E-state index in [0.29, 0.717) is 13.2 Å². The van der Waals surface area contributed by atoms with Crippen molar-refractivity contribution in [1.82, 2.24) is 0 Å². The standard InChI is InChI=1S/C16H22O3S/c1-4-18-16(19-5-2)8-6-7-13-20(17)15-11-9-14(3)10-12-15/h6-13,16H,4-5H2,1-3H3/b8-6+,13-7-/t20-/m1/s1. The first kappa shape index (κ1) is 16.8. The third-order valence-electron chi connectivity index (χ3n) is 2.50. The molecule has 0 fully saturated rings. The van der Waals surface area contributed by atoms with Crippen molar-refractivity contribution in [3.8, 4) is 0 Å². The van der Waals surface area contributed by atoms with Crippen LogP contribution in [0.1, 0.15) is 19.4 Å². The molecule has 0 amide bonds. The first-order valence-corrected chi connectivity index (χ1v) is 7.94. The summed E-state index contributed by atoms with van der Waals surface area (Å²) < 4.78 is 22.7. The summed E-state index contributed by atoms with van der Waals surface area (Å²) in [5, 5.41) is 1.65. The Labute approximate surface area is 123 Å². The summed E-state index contributed by atoms with van der Waals surface area (Å²) in [6, 6.07) is 7.67. The maximum atomic E-state index is 12.0. The summed E-state index contributed by atoms with van der Waals surface area (Å²) in [6.07, 6.45) is 5.00. The van der Waals surface area contributed by atoms with Crippen molar-refractivity contribution in [2.75, 3.05) is 13.2 Å². The molecule has 0 aromatic heterocycles. The molecule has 1 rings (SSSR count). The van der Waals surface area contributed by atoms with Gasteiger partial charge in [-0.15, -0.1) is 0 Å². The lowest BCUT2D eigenvalue weighted by molar-refractivity contribution is -0.103. The highest BCUT2D eigenvalue weighted by atomic mass is 32.2. The van der Waals surface area contributed by atoms with Crippen LogP contribution >= 0.6 is 0 Å². The molecular weight excluding hydrogens is 272 g/mol. The smallest absolute Gasteiger partial charge is 0.177 e. The van der Waals surface area contributed by atoms with Crippen LogP contribution in [0.15, 0.2) is 52.8 Å². The average Bonchev–Trinajstić information content (AvgIpc) is 2.44. The van der Waals surface area contributed by atoms with Crippen molar-refractivity contribution in [3.63, 3.8) is 0 Å². The molecule has 0 heterocycles. The molecule has 4 heteroatoms. The Hall–Kier alpha value is -1.23. The Morgan fingerprint density at radius 3 is 2.25 bits per heavy atom. The Bertz CT molecular complexity index is 457. The maximum absolute atomic E-state index is 12.0. The predicted molar refractivity (Wildman–Crippen MR) is 82.9 cm³/mol. The van der Waals surface area contributed by atoms with Gasteiger partial charge in [-0.3, -0.25) is 0 Å². The minimum Gasteiger partial charge on any atom is -0.349 e. The summed E-state index contributed by atoms with van der Waals surface area (Å²) in [5.41, 5.74) is 1.16. The second-order valence-corrected chi connectivity index (χ2v) is 5.44. The van der Waals surface area contributed by atoms with Crippen molar-refractivity contribution in [2.45, 2.75) is 32.0 Å². The Kier molecular flexibility index (Phi) is 8.11. The summed E-state index contributed by atoms with van der Waals surface area (Å²) in [7, 11) is -1.13. The lowest BCUT2D eigenvalue weighted by Gasteiger charge is -2.11. The summed E-state index contributed by atoms with van der Waals surface area (Å²) in [4.78, 5) is 0.798. The Morgan fingerprint density at radius 2 is 1.70 bits per heavy atom. The van der Waals surface area contributed by atoms with Gasteiger partial charge in [-0.2, -0.15) is 0 Å². The number of allylic oxidation sites excluding steroid dienone is 2. The topological polar surface area (TPSA) is 35.5 Å². The second kappa shape index (κ2) is 9.64. The van der Waals surface area contributed by atoms with Gasteiger partial charge in [0, 0.05) is 23.5 Å². The van der Waals surface area contributed by atoms with Crippen molar-refractivity contribution in [1.29, 1.82) is 0 Å². The number of aryl methyl sites for hydroxylation is 1. The fourth-order valence-corrected chi connectivity index (χ4v) is 2.31.